The molecule has 1 amide bonds. The quantitative estimate of drug-likeness (QED) is 0.615. The molecule has 3 heterocycles. The lowest BCUT2D eigenvalue weighted by atomic mass is 9.87. The normalized spacial score (nSPS) is 19.0. The van der Waals surface area contributed by atoms with Crippen LogP contribution in [0.5, 0.6) is 0 Å². The van der Waals surface area contributed by atoms with Crippen LogP contribution in [-0.2, 0) is 28.5 Å². The third-order valence-corrected chi connectivity index (χ3v) is 5.55. The van der Waals surface area contributed by atoms with Gasteiger partial charge in [-0.1, -0.05) is 24.3 Å². The van der Waals surface area contributed by atoms with Crippen molar-refractivity contribution in [2.75, 3.05) is 25.5 Å². The fraction of sp³-hybridized carbons (Fsp3) is 0.381. The number of morpholine rings is 1. The highest BCUT2D eigenvalue weighted by atomic mass is 19.4. The van der Waals surface area contributed by atoms with Crippen LogP contribution >= 0.6 is 0 Å². The Morgan fingerprint density at radius 3 is 2.68 bits per heavy atom. The fourth-order valence-corrected chi connectivity index (χ4v) is 3.97. The second-order valence-corrected chi connectivity index (χ2v) is 7.51. The SMILES string of the molecule is Nc1ncnc2[nH]c(C(F)(F)F)cc12.O=C1COCCN1C1CCc2ccccc2C1. The Morgan fingerprint density at radius 1 is 1.19 bits per heavy atom. The zero-order chi connectivity index (χ0) is 22.0. The number of fused-ring (bicyclic) bond motifs is 2. The summed E-state index contributed by atoms with van der Waals surface area (Å²) in [7, 11) is 0. The number of aryl methyl sites for hydroxylation is 1. The van der Waals surface area contributed by atoms with E-state index in [4.69, 9.17) is 10.5 Å². The molecule has 0 spiro atoms. The molecule has 2 aliphatic rings. The second kappa shape index (κ2) is 8.54. The Morgan fingerprint density at radius 2 is 1.97 bits per heavy atom. The van der Waals surface area contributed by atoms with Gasteiger partial charge in [0.05, 0.1) is 12.0 Å². The molecule has 1 aliphatic heterocycles. The number of carbonyl (C=O) groups is 1. The predicted molar refractivity (Wildman–Crippen MR) is 108 cm³/mol. The lowest BCUT2D eigenvalue weighted by Crippen LogP contribution is -2.49. The van der Waals surface area contributed by atoms with Gasteiger partial charge in [0.15, 0.2) is 0 Å². The van der Waals surface area contributed by atoms with Crippen LogP contribution < -0.4 is 5.73 Å². The number of halogens is 3. The zero-order valence-electron chi connectivity index (χ0n) is 16.7. The number of anilines is 1. The molecule has 1 aliphatic carbocycles. The zero-order valence-corrected chi connectivity index (χ0v) is 16.7. The minimum Gasteiger partial charge on any atom is -0.383 e. The summed E-state index contributed by atoms with van der Waals surface area (Å²) in [5.74, 6) is 0.183. The minimum absolute atomic E-state index is 0.0294. The van der Waals surface area contributed by atoms with E-state index >= 15 is 0 Å². The van der Waals surface area contributed by atoms with E-state index in [1.165, 1.54) is 11.1 Å². The minimum atomic E-state index is -4.42. The number of nitrogens with zero attached hydrogens (tertiary/aromatic N) is 3. The van der Waals surface area contributed by atoms with Crippen molar-refractivity contribution in [2.24, 2.45) is 0 Å². The average Bonchev–Trinajstić information content (AvgIpc) is 3.21. The van der Waals surface area contributed by atoms with Gasteiger partial charge in [-0.2, -0.15) is 13.2 Å². The molecule has 1 saturated heterocycles. The molecule has 1 aromatic carbocycles. The molecule has 164 valence electrons. The number of aromatic nitrogens is 3. The number of rotatable bonds is 1. The number of H-pyrrole nitrogens is 1. The molecule has 31 heavy (non-hydrogen) atoms. The number of nitrogens with one attached hydrogen (secondary N) is 1. The maximum absolute atomic E-state index is 12.2. The largest absolute Gasteiger partial charge is 0.431 e. The highest BCUT2D eigenvalue weighted by Gasteiger charge is 2.33. The Kier molecular flexibility index (Phi) is 5.81. The van der Waals surface area contributed by atoms with Gasteiger partial charge in [-0.25, -0.2) is 9.97 Å². The number of hydrogen-bond acceptors (Lipinski definition) is 5. The summed E-state index contributed by atoms with van der Waals surface area (Å²) in [5.41, 5.74) is 7.44. The van der Waals surface area contributed by atoms with Crippen molar-refractivity contribution in [2.45, 2.75) is 31.5 Å². The van der Waals surface area contributed by atoms with Crippen molar-refractivity contribution in [3.63, 3.8) is 0 Å². The van der Waals surface area contributed by atoms with E-state index in [0.29, 0.717) is 12.6 Å². The van der Waals surface area contributed by atoms with Crippen LogP contribution in [0.1, 0.15) is 23.2 Å². The van der Waals surface area contributed by atoms with E-state index in [9.17, 15) is 18.0 Å². The number of aromatic amines is 1. The van der Waals surface area contributed by atoms with Crippen LogP contribution in [0.3, 0.4) is 0 Å². The van der Waals surface area contributed by atoms with E-state index in [1.807, 2.05) is 4.90 Å². The number of hydrogen-bond donors (Lipinski definition) is 2. The first-order valence-corrected chi connectivity index (χ1v) is 9.93. The molecule has 10 heteroatoms. The topological polar surface area (TPSA) is 97.1 Å². The van der Waals surface area contributed by atoms with Gasteiger partial charge in [-0.05, 0) is 36.5 Å². The Hall–Kier alpha value is -3.14. The number of amides is 1. The number of nitrogens with two attached hydrogens (primary N) is 1. The third kappa shape index (κ3) is 4.63. The highest BCUT2D eigenvalue weighted by molar-refractivity contribution is 5.86. The first-order valence-electron chi connectivity index (χ1n) is 9.93. The molecule has 1 fully saturated rings. The van der Waals surface area contributed by atoms with Crippen LogP contribution in [0, 0.1) is 0 Å². The average molecular weight is 433 g/mol. The maximum atomic E-state index is 12.2. The molecule has 2 aromatic heterocycles. The van der Waals surface area contributed by atoms with Crippen molar-refractivity contribution in [1.29, 1.82) is 0 Å². The molecule has 5 rings (SSSR count). The summed E-state index contributed by atoms with van der Waals surface area (Å²) < 4.78 is 41.9. The van der Waals surface area contributed by atoms with Crippen molar-refractivity contribution < 1.29 is 22.7 Å². The van der Waals surface area contributed by atoms with Crippen molar-refractivity contribution in [3.05, 3.63) is 53.5 Å². The number of nitrogen functional groups attached to an aromatic ring is 1. The smallest absolute Gasteiger partial charge is 0.383 e. The summed E-state index contributed by atoms with van der Waals surface area (Å²) in [5, 5.41) is 0.180. The van der Waals surface area contributed by atoms with E-state index in [0.717, 1.165) is 38.2 Å². The van der Waals surface area contributed by atoms with Gasteiger partial charge in [0.25, 0.3) is 0 Å². The summed E-state index contributed by atoms with van der Waals surface area (Å²) in [4.78, 5) is 23.2. The van der Waals surface area contributed by atoms with E-state index in [-0.39, 0.29) is 29.4 Å². The van der Waals surface area contributed by atoms with E-state index in [2.05, 4.69) is 39.2 Å². The standard InChI is InChI=1S/C14H17NO2.C7H5F3N4/c16-14-10-17-8-7-15(14)13-6-5-11-3-1-2-4-12(11)9-13;8-7(9,10)4-1-3-5(11)12-2-13-6(3)14-4/h1-4,13H,5-10H2;1-2H,(H3,11,12,13,14). The number of ether oxygens (including phenoxy) is 1. The van der Waals surface area contributed by atoms with Gasteiger partial charge in [0.1, 0.15) is 30.1 Å². The van der Waals surface area contributed by atoms with Crippen LogP contribution in [0.25, 0.3) is 11.0 Å². The maximum Gasteiger partial charge on any atom is 0.431 e. The number of benzene rings is 1. The number of carbonyl (C=O) groups excluding carboxylic acids is 1. The highest BCUT2D eigenvalue weighted by Crippen LogP contribution is 2.31. The molecule has 1 atom stereocenters. The third-order valence-electron chi connectivity index (χ3n) is 5.55. The van der Waals surface area contributed by atoms with Gasteiger partial charge in [0, 0.05) is 12.6 Å². The van der Waals surface area contributed by atoms with E-state index in [1.54, 1.807) is 0 Å². The summed E-state index contributed by atoms with van der Waals surface area (Å²) in [6.45, 7) is 1.70. The summed E-state index contributed by atoms with van der Waals surface area (Å²) in [6.07, 6.45) is -0.141. The fourth-order valence-electron chi connectivity index (χ4n) is 3.97. The molecule has 7 nitrogen and oxygen atoms in total. The summed E-state index contributed by atoms with van der Waals surface area (Å²) in [6, 6.07) is 9.84. The van der Waals surface area contributed by atoms with Crippen LogP contribution in [0.15, 0.2) is 36.7 Å². The molecule has 0 radical (unpaired) electrons. The van der Waals surface area contributed by atoms with Crippen molar-refractivity contribution in [1.82, 2.24) is 19.9 Å². The number of alkyl halides is 3. The molecule has 0 saturated carbocycles. The van der Waals surface area contributed by atoms with Crippen molar-refractivity contribution >= 4 is 22.8 Å². The van der Waals surface area contributed by atoms with Gasteiger partial charge in [-0.3, -0.25) is 4.79 Å². The molecule has 1 unspecified atom stereocenters. The van der Waals surface area contributed by atoms with Gasteiger partial charge in [0.2, 0.25) is 5.91 Å². The molecule has 0 bridgehead atoms. The van der Waals surface area contributed by atoms with E-state index < -0.39 is 11.9 Å². The van der Waals surface area contributed by atoms with Crippen LogP contribution in [-0.4, -0.2) is 51.6 Å². The lowest BCUT2D eigenvalue weighted by molar-refractivity contribution is -0.146. The Labute approximate surface area is 176 Å². The van der Waals surface area contributed by atoms with Crippen LogP contribution in [0.2, 0.25) is 0 Å². The summed E-state index contributed by atoms with van der Waals surface area (Å²) >= 11 is 0. The second-order valence-electron chi connectivity index (χ2n) is 7.51. The molecule has 3 aromatic rings. The molecular weight excluding hydrogens is 411 g/mol. The van der Waals surface area contributed by atoms with Gasteiger partial charge < -0.3 is 20.4 Å². The van der Waals surface area contributed by atoms with Crippen LogP contribution in [0.4, 0.5) is 19.0 Å². The monoisotopic (exact) mass is 433 g/mol. The van der Waals surface area contributed by atoms with Gasteiger partial charge >= 0.3 is 6.18 Å². The lowest BCUT2D eigenvalue weighted by Gasteiger charge is -2.37. The Balaban J connectivity index is 0.000000152. The molecule has 3 N–H and O–H groups in total. The van der Waals surface area contributed by atoms with Crippen molar-refractivity contribution in [3.8, 4) is 0 Å². The van der Waals surface area contributed by atoms with Gasteiger partial charge in [-0.15, -0.1) is 0 Å². The molecular formula is C21H22F3N5O2. The Bertz CT molecular complexity index is 1080. The first kappa shape index (κ1) is 21.1. The first-order chi connectivity index (χ1) is 14.8. The predicted octanol–water partition coefficient (Wildman–Crippen LogP) is 2.96.